The summed E-state index contributed by atoms with van der Waals surface area (Å²) in [7, 11) is 0. The first-order valence-corrected chi connectivity index (χ1v) is 13.0. The van der Waals surface area contributed by atoms with E-state index in [1.165, 1.54) is 11.8 Å². The smallest absolute Gasteiger partial charge is 0.326 e. The number of carboxylic acids is 2. The number of carboxylic acid groups (broad SMARTS) is 2. The van der Waals surface area contributed by atoms with E-state index in [0.29, 0.717) is 12.2 Å². The van der Waals surface area contributed by atoms with Crippen LogP contribution in [-0.2, 0) is 30.4 Å². The van der Waals surface area contributed by atoms with E-state index in [1.54, 1.807) is 37.3 Å². The average Bonchev–Trinajstić information content (AvgIpc) is 2.83. The van der Waals surface area contributed by atoms with Crippen LogP contribution < -0.4 is 21.7 Å². The summed E-state index contributed by atoms with van der Waals surface area (Å²) in [6.45, 7) is 3.52. The monoisotopic (exact) mass is 524 g/mol. The van der Waals surface area contributed by atoms with E-state index >= 15 is 0 Å². The Labute approximate surface area is 215 Å². The molecule has 11 nitrogen and oxygen atoms in total. The Morgan fingerprint density at radius 2 is 1.53 bits per heavy atom. The van der Waals surface area contributed by atoms with Crippen molar-refractivity contribution in [3.05, 3.63) is 35.9 Å². The minimum atomic E-state index is -1.36. The maximum atomic E-state index is 13.2. The van der Waals surface area contributed by atoms with Gasteiger partial charge in [-0.1, -0.05) is 50.6 Å². The summed E-state index contributed by atoms with van der Waals surface area (Å²) in [5.41, 5.74) is 6.37. The molecule has 0 saturated carbocycles. The second-order valence-corrected chi connectivity index (χ2v) is 9.49. The molecule has 0 bridgehead atoms. The Bertz CT molecular complexity index is 900. The highest BCUT2D eigenvalue weighted by atomic mass is 32.2. The highest BCUT2D eigenvalue weighted by Crippen LogP contribution is 2.10. The van der Waals surface area contributed by atoms with Crippen molar-refractivity contribution in [3.8, 4) is 0 Å². The topological polar surface area (TPSA) is 188 Å². The molecule has 0 saturated heterocycles. The molecule has 0 heterocycles. The molecule has 1 rings (SSSR count). The highest BCUT2D eigenvalue weighted by Gasteiger charge is 2.32. The van der Waals surface area contributed by atoms with E-state index in [-0.39, 0.29) is 18.8 Å². The molecule has 1 aromatic rings. The summed E-state index contributed by atoms with van der Waals surface area (Å²) in [4.78, 5) is 61.3. The van der Waals surface area contributed by atoms with Crippen LogP contribution in [0.3, 0.4) is 0 Å². The molecule has 36 heavy (non-hydrogen) atoms. The molecule has 7 N–H and O–H groups in total. The summed E-state index contributed by atoms with van der Waals surface area (Å²) in [6, 6.07) is 4.15. The second kappa shape index (κ2) is 15.8. The minimum absolute atomic E-state index is 0.0691. The number of thioether (sulfide) groups is 1. The summed E-state index contributed by atoms with van der Waals surface area (Å²) in [6.07, 6.45) is 2.05. The molecule has 1 aromatic carbocycles. The molecule has 0 aromatic heterocycles. The molecule has 0 spiro atoms. The van der Waals surface area contributed by atoms with Crippen molar-refractivity contribution in [1.29, 1.82) is 0 Å². The number of rotatable bonds is 16. The Balaban J connectivity index is 3.10. The summed E-state index contributed by atoms with van der Waals surface area (Å²) < 4.78 is 0. The van der Waals surface area contributed by atoms with E-state index < -0.39 is 60.2 Å². The van der Waals surface area contributed by atoms with Gasteiger partial charge in [0.25, 0.3) is 0 Å². The molecule has 0 aliphatic heterocycles. The van der Waals surface area contributed by atoms with Gasteiger partial charge in [0.15, 0.2) is 0 Å². The molecule has 12 heteroatoms. The number of nitrogens with two attached hydrogens (primary N) is 1. The van der Waals surface area contributed by atoms with E-state index in [2.05, 4.69) is 16.0 Å². The van der Waals surface area contributed by atoms with E-state index in [4.69, 9.17) is 10.8 Å². The quantitative estimate of drug-likeness (QED) is 0.177. The predicted octanol–water partition coefficient (Wildman–Crippen LogP) is 0.369. The van der Waals surface area contributed by atoms with Crippen LogP contribution in [0.4, 0.5) is 0 Å². The van der Waals surface area contributed by atoms with Gasteiger partial charge >= 0.3 is 11.9 Å². The largest absolute Gasteiger partial charge is 0.481 e. The Kier molecular flexibility index (Phi) is 13.6. The zero-order chi connectivity index (χ0) is 27.3. The SMILES string of the molecule is CCC(C)C(NC(=O)C(CCSC)NC(=O)C(Cc1ccccc1)NC(=O)C(N)CC(=O)O)C(=O)O. The standard InChI is InChI=1S/C24H36N4O7S/c1-4-14(2)20(24(34)35)28-22(32)17(10-11-36-3)26-23(33)18(12-15-8-6-5-7-9-15)27-21(31)16(25)13-19(29)30/h5-9,14,16-18,20H,4,10-13,25H2,1-3H3,(H,26,33)(H,27,31)(H,28,32)(H,29,30)(H,34,35). The van der Waals surface area contributed by atoms with Crippen LogP contribution in [0.1, 0.15) is 38.7 Å². The second-order valence-electron chi connectivity index (χ2n) is 8.51. The zero-order valence-corrected chi connectivity index (χ0v) is 21.5. The third kappa shape index (κ3) is 10.6. The van der Waals surface area contributed by atoms with Crippen molar-refractivity contribution in [2.24, 2.45) is 11.7 Å². The number of benzene rings is 1. The number of nitrogens with one attached hydrogen (secondary N) is 3. The maximum absolute atomic E-state index is 13.2. The van der Waals surface area contributed by atoms with Crippen LogP contribution >= 0.6 is 11.8 Å². The Morgan fingerprint density at radius 1 is 0.944 bits per heavy atom. The van der Waals surface area contributed by atoms with Gasteiger partial charge in [0.2, 0.25) is 17.7 Å². The fourth-order valence-electron chi connectivity index (χ4n) is 3.33. The van der Waals surface area contributed by atoms with Gasteiger partial charge in [0.1, 0.15) is 18.1 Å². The van der Waals surface area contributed by atoms with Crippen LogP contribution in [0.15, 0.2) is 30.3 Å². The minimum Gasteiger partial charge on any atom is -0.481 e. The van der Waals surface area contributed by atoms with Crippen LogP contribution in [0.2, 0.25) is 0 Å². The fourth-order valence-corrected chi connectivity index (χ4v) is 3.80. The van der Waals surface area contributed by atoms with Crippen molar-refractivity contribution >= 4 is 41.4 Å². The molecular formula is C24H36N4O7S. The van der Waals surface area contributed by atoms with Gasteiger partial charge in [-0.3, -0.25) is 19.2 Å². The number of aliphatic carboxylic acids is 2. The van der Waals surface area contributed by atoms with Gasteiger partial charge in [0, 0.05) is 6.42 Å². The highest BCUT2D eigenvalue weighted by molar-refractivity contribution is 7.98. The zero-order valence-electron chi connectivity index (χ0n) is 20.7. The van der Waals surface area contributed by atoms with Crippen molar-refractivity contribution < 1.29 is 34.2 Å². The van der Waals surface area contributed by atoms with Crippen LogP contribution in [0.25, 0.3) is 0 Å². The first-order chi connectivity index (χ1) is 17.0. The van der Waals surface area contributed by atoms with Gasteiger partial charge in [0.05, 0.1) is 12.5 Å². The van der Waals surface area contributed by atoms with Gasteiger partial charge < -0.3 is 31.9 Å². The molecular weight excluding hydrogens is 488 g/mol. The first-order valence-electron chi connectivity index (χ1n) is 11.6. The lowest BCUT2D eigenvalue weighted by Crippen LogP contribution is -2.58. The van der Waals surface area contributed by atoms with Crippen LogP contribution in [0.5, 0.6) is 0 Å². The van der Waals surface area contributed by atoms with Crippen LogP contribution in [0, 0.1) is 5.92 Å². The molecule has 5 unspecified atom stereocenters. The molecule has 0 aliphatic rings. The van der Waals surface area contributed by atoms with E-state index in [0.717, 1.165) is 5.56 Å². The van der Waals surface area contributed by atoms with Crippen molar-refractivity contribution in [2.45, 2.75) is 63.7 Å². The van der Waals surface area contributed by atoms with E-state index in [1.807, 2.05) is 13.2 Å². The summed E-state index contributed by atoms with van der Waals surface area (Å²) in [5, 5.41) is 26.1. The fraction of sp³-hybridized carbons (Fsp3) is 0.542. The van der Waals surface area contributed by atoms with Crippen LogP contribution in [-0.4, -0.2) is 76.0 Å². The third-order valence-corrected chi connectivity index (χ3v) is 6.31. The lowest BCUT2D eigenvalue weighted by Gasteiger charge is -2.26. The lowest BCUT2D eigenvalue weighted by atomic mass is 9.98. The normalized spacial score (nSPS) is 15.0. The molecule has 3 amide bonds. The van der Waals surface area contributed by atoms with Gasteiger partial charge in [-0.25, -0.2) is 4.79 Å². The predicted molar refractivity (Wildman–Crippen MR) is 136 cm³/mol. The molecule has 0 fully saturated rings. The van der Waals surface area contributed by atoms with Gasteiger partial charge in [-0.05, 0) is 29.9 Å². The Morgan fingerprint density at radius 3 is 2.06 bits per heavy atom. The molecule has 5 atom stereocenters. The number of amides is 3. The lowest BCUT2D eigenvalue weighted by molar-refractivity contribution is -0.143. The third-order valence-electron chi connectivity index (χ3n) is 5.67. The van der Waals surface area contributed by atoms with Crippen molar-refractivity contribution in [3.63, 3.8) is 0 Å². The summed E-state index contributed by atoms with van der Waals surface area (Å²) in [5.74, 6) is -4.38. The maximum Gasteiger partial charge on any atom is 0.326 e. The van der Waals surface area contributed by atoms with Gasteiger partial charge in [-0.15, -0.1) is 0 Å². The van der Waals surface area contributed by atoms with Crippen molar-refractivity contribution in [2.75, 3.05) is 12.0 Å². The number of hydrogen-bond acceptors (Lipinski definition) is 7. The molecule has 0 aliphatic carbocycles. The number of carbonyl (C=O) groups is 5. The average molecular weight is 525 g/mol. The summed E-state index contributed by atoms with van der Waals surface area (Å²) >= 11 is 1.45. The number of hydrogen-bond donors (Lipinski definition) is 6. The molecule has 0 radical (unpaired) electrons. The first kappa shape index (κ1) is 30.9. The molecule has 200 valence electrons. The number of carbonyl (C=O) groups excluding carboxylic acids is 3. The van der Waals surface area contributed by atoms with Crippen molar-refractivity contribution in [1.82, 2.24) is 16.0 Å². The van der Waals surface area contributed by atoms with Gasteiger partial charge in [-0.2, -0.15) is 11.8 Å². The Hall–Kier alpha value is -3.12. The van der Waals surface area contributed by atoms with E-state index in [9.17, 15) is 29.1 Å².